The van der Waals surface area contributed by atoms with Crippen LogP contribution in [0.3, 0.4) is 0 Å². The number of anilines is 2. The van der Waals surface area contributed by atoms with E-state index in [0.717, 1.165) is 12.4 Å². The first-order valence-corrected chi connectivity index (χ1v) is 4.98. The Labute approximate surface area is 92.7 Å². The van der Waals surface area contributed by atoms with Crippen LogP contribution in [-0.4, -0.2) is 24.7 Å². The highest BCUT2D eigenvalue weighted by atomic mass is 15.3. The summed E-state index contributed by atoms with van der Waals surface area (Å²) in [5.41, 5.74) is 5.47. The third kappa shape index (κ3) is 2.25. The fraction of sp³-hybridized carbons (Fsp3) is 0.333. The zero-order chi connectivity index (χ0) is 11.4. The summed E-state index contributed by atoms with van der Waals surface area (Å²) >= 11 is 0. The number of nitrogens with one attached hydrogen (secondary N) is 1. The van der Waals surface area contributed by atoms with E-state index in [1.165, 1.54) is 0 Å². The van der Waals surface area contributed by atoms with Crippen LogP contribution in [0.4, 0.5) is 11.8 Å². The minimum Gasteiger partial charge on any atom is -0.368 e. The van der Waals surface area contributed by atoms with E-state index in [2.05, 4.69) is 25.5 Å². The lowest BCUT2D eigenvalue weighted by Crippen LogP contribution is -2.09. The zero-order valence-corrected chi connectivity index (χ0v) is 8.96. The monoisotopic (exact) mass is 219 g/mol. The summed E-state index contributed by atoms with van der Waals surface area (Å²) in [4.78, 5) is 7.84. The molecule has 2 rings (SSSR count). The van der Waals surface area contributed by atoms with Crippen LogP contribution in [0.25, 0.3) is 0 Å². The maximum atomic E-state index is 5.47. The lowest BCUT2D eigenvalue weighted by Gasteiger charge is -2.05. The molecule has 0 saturated carbocycles. The van der Waals surface area contributed by atoms with Crippen LogP contribution in [0, 0.1) is 0 Å². The van der Waals surface area contributed by atoms with E-state index < -0.39 is 0 Å². The highest BCUT2D eigenvalue weighted by Crippen LogP contribution is 2.04. The molecule has 0 saturated heterocycles. The van der Waals surface area contributed by atoms with Gasteiger partial charge in [0.1, 0.15) is 12.1 Å². The highest BCUT2D eigenvalue weighted by molar-refractivity contribution is 5.37. The lowest BCUT2D eigenvalue weighted by atomic mass is 10.5. The smallest absolute Gasteiger partial charge is 0.221 e. The van der Waals surface area contributed by atoms with Gasteiger partial charge in [0.05, 0.1) is 6.54 Å². The summed E-state index contributed by atoms with van der Waals surface area (Å²) in [6.45, 7) is 3.44. The van der Waals surface area contributed by atoms with Gasteiger partial charge in [0.2, 0.25) is 5.95 Å². The van der Waals surface area contributed by atoms with E-state index >= 15 is 0 Å². The molecule has 7 nitrogen and oxygen atoms in total. The zero-order valence-electron chi connectivity index (χ0n) is 8.96. The molecule has 16 heavy (non-hydrogen) atoms. The standard InChI is InChI=1S/C9H13N7/c1-2-16-6-13-15-8(16)5-12-7-3-4-11-9(10)14-7/h3-4,6H,2,5H2,1H3,(H3,10,11,12,14). The molecule has 7 heteroatoms. The molecule has 0 bridgehead atoms. The SMILES string of the molecule is CCn1cnnc1CNc1ccnc(N)n1. The average molecular weight is 219 g/mol. The number of nitrogen functional groups attached to an aromatic ring is 1. The summed E-state index contributed by atoms with van der Waals surface area (Å²) in [7, 11) is 0. The van der Waals surface area contributed by atoms with E-state index in [1.807, 2.05) is 11.5 Å². The van der Waals surface area contributed by atoms with Crippen LogP contribution in [0.5, 0.6) is 0 Å². The van der Waals surface area contributed by atoms with Crippen molar-refractivity contribution in [3.63, 3.8) is 0 Å². The van der Waals surface area contributed by atoms with Gasteiger partial charge >= 0.3 is 0 Å². The molecule has 0 radical (unpaired) electrons. The van der Waals surface area contributed by atoms with E-state index in [0.29, 0.717) is 12.4 Å². The number of nitrogens with zero attached hydrogens (tertiary/aromatic N) is 5. The van der Waals surface area contributed by atoms with Crippen LogP contribution in [0.1, 0.15) is 12.7 Å². The van der Waals surface area contributed by atoms with E-state index in [-0.39, 0.29) is 5.95 Å². The summed E-state index contributed by atoms with van der Waals surface area (Å²) in [5.74, 6) is 1.79. The Hall–Kier alpha value is -2.18. The molecule has 2 aromatic rings. The number of nitrogens with two attached hydrogens (primary N) is 1. The molecule has 0 aliphatic heterocycles. The van der Waals surface area contributed by atoms with Crippen molar-refractivity contribution in [1.29, 1.82) is 0 Å². The van der Waals surface area contributed by atoms with Gasteiger partial charge in [-0.3, -0.25) is 0 Å². The fourth-order valence-corrected chi connectivity index (χ4v) is 1.32. The number of hydrogen-bond acceptors (Lipinski definition) is 6. The van der Waals surface area contributed by atoms with Crippen LogP contribution in [0.2, 0.25) is 0 Å². The predicted octanol–water partition coefficient (Wildman–Crippen LogP) is 0.282. The minimum atomic E-state index is 0.252. The topological polar surface area (TPSA) is 94.5 Å². The first-order chi connectivity index (χ1) is 7.79. The maximum Gasteiger partial charge on any atom is 0.221 e. The molecule has 2 aromatic heterocycles. The van der Waals surface area contributed by atoms with Gasteiger partial charge < -0.3 is 15.6 Å². The highest BCUT2D eigenvalue weighted by Gasteiger charge is 2.02. The van der Waals surface area contributed by atoms with Gasteiger partial charge in [0.25, 0.3) is 0 Å². The van der Waals surface area contributed by atoms with Gasteiger partial charge in [-0.15, -0.1) is 10.2 Å². The van der Waals surface area contributed by atoms with E-state index in [9.17, 15) is 0 Å². The van der Waals surface area contributed by atoms with E-state index in [4.69, 9.17) is 5.73 Å². The van der Waals surface area contributed by atoms with Crippen molar-refractivity contribution < 1.29 is 0 Å². The molecule has 3 N–H and O–H groups in total. The van der Waals surface area contributed by atoms with Gasteiger partial charge in [-0.05, 0) is 13.0 Å². The molecule has 0 aromatic carbocycles. The summed E-state index contributed by atoms with van der Waals surface area (Å²) in [6.07, 6.45) is 3.31. The molecule has 0 spiro atoms. The third-order valence-electron chi connectivity index (χ3n) is 2.14. The Morgan fingerprint density at radius 3 is 3.12 bits per heavy atom. The average Bonchev–Trinajstić information content (AvgIpc) is 2.74. The van der Waals surface area contributed by atoms with Crippen LogP contribution < -0.4 is 11.1 Å². The Morgan fingerprint density at radius 2 is 2.38 bits per heavy atom. The van der Waals surface area contributed by atoms with Gasteiger partial charge in [0.15, 0.2) is 5.82 Å². The molecule has 0 unspecified atom stereocenters. The Kier molecular flexibility index (Phi) is 2.95. The second kappa shape index (κ2) is 4.56. The number of rotatable bonds is 4. The number of aromatic nitrogens is 5. The molecule has 0 amide bonds. The van der Waals surface area contributed by atoms with Crippen molar-refractivity contribution >= 4 is 11.8 Å². The van der Waals surface area contributed by atoms with Gasteiger partial charge in [-0.2, -0.15) is 4.98 Å². The molecular formula is C9H13N7. The number of aryl methyl sites for hydroxylation is 1. The molecule has 84 valence electrons. The Bertz CT molecular complexity index is 464. The van der Waals surface area contributed by atoms with Crippen molar-refractivity contribution in [2.75, 3.05) is 11.1 Å². The first kappa shape index (κ1) is 10.3. The quantitative estimate of drug-likeness (QED) is 0.767. The van der Waals surface area contributed by atoms with Crippen molar-refractivity contribution in [2.45, 2.75) is 20.0 Å². The summed E-state index contributed by atoms with van der Waals surface area (Å²) < 4.78 is 1.96. The van der Waals surface area contributed by atoms with Crippen LogP contribution in [0.15, 0.2) is 18.6 Å². The largest absolute Gasteiger partial charge is 0.368 e. The molecule has 0 fully saturated rings. The van der Waals surface area contributed by atoms with Gasteiger partial charge in [-0.25, -0.2) is 4.98 Å². The molecule has 0 aliphatic carbocycles. The molecule has 2 heterocycles. The summed E-state index contributed by atoms with van der Waals surface area (Å²) in [5, 5.41) is 10.9. The first-order valence-electron chi connectivity index (χ1n) is 4.98. The van der Waals surface area contributed by atoms with Crippen molar-refractivity contribution in [3.05, 3.63) is 24.4 Å². The molecule has 0 atom stereocenters. The molecular weight excluding hydrogens is 206 g/mol. The van der Waals surface area contributed by atoms with Crippen molar-refractivity contribution in [1.82, 2.24) is 24.7 Å². The second-order valence-corrected chi connectivity index (χ2v) is 3.19. The van der Waals surface area contributed by atoms with E-state index in [1.54, 1.807) is 18.6 Å². The fourth-order valence-electron chi connectivity index (χ4n) is 1.32. The predicted molar refractivity (Wildman–Crippen MR) is 59.5 cm³/mol. The minimum absolute atomic E-state index is 0.252. The normalized spacial score (nSPS) is 10.3. The van der Waals surface area contributed by atoms with Gasteiger partial charge in [-0.1, -0.05) is 0 Å². The van der Waals surface area contributed by atoms with Crippen molar-refractivity contribution in [2.24, 2.45) is 0 Å². The number of hydrogen-bond donors (Lipinski definition) is 2. The maximum absolute atomic E-state index is 5.47. The summed E-state index contributed by atoms with van der Waals surface area (Å²) in [6, 6.07) is 1.75. The van der Waals surface area contributed by atoms with Crippen LogP contribution in [-0.2, 0) is 13.1 Å². The molecule has 0 aliphatic rings. The third-order valence-corrected chi connectivity index (χ3v) is 2.14. The Balaban J connectivity index is 2.02. The van der Waals surface area contributed by atoms with Crippen molar-refractivity contribution in [3.8, 4) is 0 Å². The lowest BCUT2D eigenvalue weighted by molar-refractivity contribution is 0.707. The van der Waals surface area contributed by atoms with Crippen LogP contribution >= 0.6 is 0 Å². The Morgan fingerprint density at radius 1 is 1.50 bits per heavy atom. The second-order valence-electron chi connectivity index (χ2n) is 3.19. The van der Waals surface area contributed by atoms with Gasteiger partial charge in [0, 0.05) is 12.7 Å².